The molecule has 0 aliphatic carbocycles. The molecule has 0 unspecified atom stereocenters. The molecule has 0 atom stereocenters. The number of nitro groups is 1. The third-order valence-corrected chi connectivity index (χ3v) is 2.80. The Morgan fingerprint density at radius 1 is 1.45 bits per heavy atom. The molecule has 0 spiro atoms. The number of non-ortho nitro benzene ring substituents is 1. The molecular formula is C14H15N3O3. The summed E-state index contributed by atoms with van der Waals surface area (Å²) in [6, 6.07) is 6.13. The Kier molecular flexibility index (Phi) is 3.93. The van der Waals surface area contributed by atoms with Gasteiger partial charge in [-0.15, -0.1) is 0 Å². The second-order valence-electron chi connectivity index (χ2n) is 4.97. The van der Waals surface area contributed by atoms with E-state index in [9.17, 15) is 14.9 Å². The molecule has 0 N–H and O–H groups in total. The second-order valence-corrected chi connectivity index (χ2v) is 4.97. The molecule has 0 amide bonds. The topological polar surface area (TPSA) is 78.0 Å². The minimum atomic E-state index is -0.463. The predicted octanol–water partition coefficient (Wildman–Crippen LogP) is 2.93. The minimum Gasteiger partial charge on any atom is -0.298 e. The van der Waals surface area contributed by atoms with Gasteiger partial charge in [-0.1, -0.05) is 26.0 Å². The summed E-state index contributed by atoms with van der Waals surface area (Å²) >= 11 is 0. The van der Waals surface area contributed by atoms with Crippen molar-refractivity contribution in [2.45, 2.75) is 20.4 Å². The Morgan fingerprint density at radius 2 is 2.20 bits per heavy atom. The molecule has 2 rings (SSSR count). The van der Waals surface area contributed by atoms with Gasteiger partial charge in [-0.2, -0.15) is 5.10 Å². The van der Waals surface area contributed by atoms with Crippen molar-refractivity contribution in [1.29, 1.82) is 0 Å². The van der Waals surface area contributed by atoms with Crippen molar-refractivity contribution >= 4 is 12.0 Å². The van der Waals surface area contributed by atoms with Gasteiger partial charge in [0.15, 0.2) is 6.29 Å². The van der Waals surface area contributed by atoms with Crippen molar-refractivity contribution in [3.63, 3.8) is 0 Å². The van der Waals surface area contributed by atoms with Gasteiger partial charge in [-0.05, 0) is 5.92 Å². The van der Waals surface area contributed by atoms with E-state index in [0.717, 1.165) is 6.29 Å². The number of hydrogen-bond acceptors (Lipinski definition) is 4. The summed E-state index contributed by atoms with van der Waals surface area (Å²) in [5, 5.41) is 15.2. The maximum absolute atomic E-state index is 11.1. The van der Waals surface area contributed by atoms with Crippen molar-refractivity contribution in [2.75, 3.05) is 0 Å². The predicted molar refractivity (Wildman–Crippen MR) is 74.5 cm³/mol. The van der Waals surface area contributed by atoms with Gasteiger partial charge in [-0.3, -0.25) is 19.6 Å². The highest BCUT2D eigenvalue weighted by molar-refractivity contribution is 5.85. The first-order valence-corrected chi connectivity index (χ1v) is 6.28. The first-order chi connectivity index (χ1) is 9.51. The van der Waals surface area contributed by atoms with Crippen molar-refractivity contribution < 1.29 is 9.72 Å². The van der Waals surface area contributed by atoms with E-state index in [0.29, 0.717) is 29.3 Å². The average molecular weight is 273 g/mol. The lowest BCUT2D eigenvalue weighted by Gasteiger charge is -2.03. The molecule has 20 heavy (non-hydrogen) atoms. The maximum atomic E-state index is 11.1. The highest BCUT2D eigenvalue weighted by Crippen LogP contribution is 2.25. The third kappa shape index (κ3) is 2.90. The number of nitro benzene ring substituents is 1. The van der Waals surface area contributed by atoms with E-state index in [4.69, 9.17) is 0 Å². The Morgan fingerprint density at radius 3 is 2.80 bits per heavy atom. The van der Waals surface area contributed by atoms with E-state index in [-0.39, 0.29) is 5.69 Å². The van der Waals surface area contributed by atoms with Crippen LogP contribution in [-0.4, -0.2) is 21.0 Å². The molecule has 6 heteroatoms. The summed E-state index contributed by atoms with van der Waals surface area (Å²) in [6.45, 7) is 4.79. The number of aromatic nitrogens is 2. The number of benzene rings is 1. The lowest BCUT2D eigenvalue weighted by atomic mass is 10.1. The van der Waals surface area contributed by atoms with Crippen LogP contribution in [0, 0.1) is 16.0 Å². The van der Waals surface area contributed by atoms with Gasteiger partial charge in [0, 0.05) is 30.4 Å². The van der Waals surface area contributed by atoms with E-state index in [1.54, 1.807) is 23.0 Å². The van der Waals surface area contributed by atoms with Gasteiger partial charge in [0.1, 0.15) is 5.69 Å². The molecular weight excluding hydrogens is 258 g/mol. The molecule has 2 aromatic rings. The van der Waals surface area contributed by atoms with Gasteiger partial charge in [0.25, 0.3) is 5.69 Å². The fourth-order valence-electron chi connectivity index (χ4n) is 1.98. The summed E-state index contributed by atoms with van der Waals surface area (Å²) in [7, 11) is 0. The number of rotatable bonds is 5. The van der Waals surface area contributed by atoms with E-state index in [2.05, 4.69) is 18.9 Å². The molecule has 1 heterocycles. The number of hydrogen-bond donors (Lipinski definition) is 0. The van der Waals surface area contributed by atoms with Gasteiger partial charge < -0.3 is 0 Å². The SMILES string of the molecule is CC(C)Cn1cc(C=O)c(-c2cccc([N+](=O)[O-])c2)n1. The molecule has 0 saturated heterocycles. The number of carbonyl (C=O) groups excluding carboxylic acids is 1. The molecule has 0 bridgehead atoms. The first kappa shape index (κ1) is 13.9. The van der Waals surface area contributed by atoms with Gasteiger partial charge in [0.2, 0.25) is 0 Å². The van der Waals surface area contributed by atoms with Crippen LogP contribution < -0.4 is 0 Å². The van der Waals surface area contributed by atoms with Gasteiger partial charge in [-0.25, -0.2) is 0 Å². The molecule has 1 aromatic carbocycles. The first-order valence-electron chi connectivity index (χ1n) is 6.28. The summed E-state index contributed by atoms with van der Waals surface area (Å²) in [6.07, 6.45) is 2.39. The molecule has 104 valence electrons. The zero-order chi connectivity index (χ0) is 14.7. The van der Waals surface area contributed by atoms with E-state index in [1.807, 2.05) is 0 Å². The average Bonchev–Trinajstić information content (AvgIpc) is 2.81. The highest BCUT2D eigenvalue weighted by Gasteiger charge is 2.14. The minimum absolute atomic E-state index is 0.0160. The number of aldehydes is 1. The Balaban J connectivity index is 2.45. The fourth-order valence-corrected chi connectivity index (χ4v) is 1.98. The van der Waals surface area contributed by atoms with Crippen LogP contribution >= 0.6 is 0 Å². The summed E-state index contributed by atoms with van der Waals surface area (Å²) in [5.74, 6) is 0.396. The number of nitrogens with zero attached hydrogens (tertiary/aromatic N) is 3. The lowest BCUT2D eigenvalue weighted by Crippen LogP contribution is -2.04. The molecule has 0 fully saturated rings. The Bertz CT molecular complexity index is 647. The van der Waals surface area contributed by atoms with Crippen LogP contribution in [0.15, 0.2) is 30.5 Å². The van der Waals surface area contributed by atoms with Crippen molar-refractivity contribution in [3.05, 3.63) is 46.1 Å². The van der Waals surface area contributed by atoms with Crippen LogP contribution in [0.5, 0.6) is 0 Å². The lowest BCUT2D eigenvalue weighted by molar-refractivity contribution is -0.384. The largest absolute Gasteiger partial charge is 0.298 e. The molecule has 6 nitrogen and oxygen atoms in total. The Labute approximate surface area is 116 Å². The van der Waals surface area contributed by atoms with Gasteiger partial charge >= 0.3 is 0 Å². The standard InChI is InChI=1S/C14H15N3O3/c1-10(2)7-16-8-12(9-18)14(15-16)11-4-3-5-13(6-11)17(19)20/h3-6,8-10H,7H2,1-2H3. The normalized spacial score (nSPS) is 10.8. The molecule has 0 aliphatic heterocycles. The monoisotopic (exact) mass is 273 g/mol. The van der Waals surface area contributed by atoms with Crippen LogP contribution in [0.25, 0.3) is 11.3 Å². The van der Waals surface area contributed by atoms with Crippen molar-refractivity contribution in [1.82, 2.24) is 9.78 Å². The summed E-state index contributed by atoms with van der Waals surface area (Å²) in [4.78, 5) is 21.5. The smallest absolute Gasteiger partial charge is 0.270 e. The molecule has 0 radical (unpaired) electrons. The van der Waals surface area contributed by atoms with Crippen LogP contribution in [-0.2, 0) is 6.54 Å². The maximum Gasteiger partial charge on any atom is 0.270 e. The van der Waals surface area contributed by atoms with Crippen molar-refractivity contribution in [3.8, 4) is 11.3 Å². The van der Waals surface area contributed by atoms with Crippen LogP contribution in [0.1, 0.15) is 24.2 Å². The fraction of sp³-hybridized carbons (Fsp3) is 0.286. The number of carbonyl (C=O) groups is 1. The zero-order valence-electron chi connectivity index (χ0n) is 11.3. The van der Waals surface area contributed by atoms with Gasteiger partial charge in [0.05, 0.1) is 10.5 Å². The van der Waals surface area contributed by atoms with Crippen LogP contribution in [0.3, 0.4) is 0 Å². The molecule has 1 aromatic heterocycles. The molecule has 0 aliphatic rings. The van der Waals surface area contributed by atoms with E-state index < -0.39 is 4.92 Å². The zero-order valence-corrected chi connectivity index (χ0v) is 11.3. The van der Waals surface area contributed by atoms with E-state index >= 15 is 0 Å². The third-order valence-electron chi connectivity index (χ3n) is 2.80. The molecule has 0 saturated carbocycles. The van der Waals surface area contributed by atoms with Crippen LogP contribution in [0.2, 0.25) is 0 Å². The Hall–Kier alpha value is -2.50. The van der Waals surface area contributed by atoms with Crippen molar-refractivity contribution in [2.24, 2.45) is 5.92 Å². The summed E-state index contributed by atoms with van der Waals surface area (Å²) in [5.41, 5.74) is 1.47. The highest BCUT2D eigenvalue weighted by atomic mass is 16.6. The summed E-state index contributed by atoms with van der Waals surface area (Å²) < 4.78 is 1.70. The quantitative estimate of drug-likeness (QED) is 0.476. The van der Waals surface area contributed by atoms with Crippen LogP contribution in [0.4, 0.5) is 5.69 Å². The second kappa shape index (κ2) is 5.64. The van der Waals surface area contributed by atoms with E-state index in [1.165, 1.54) is 12.1 Å².